The molecule has 20 heavy (non-hydrogen) atoms. The van der Waals surface area contributed by atoms with E-state index in [-0.39, 0.29) is 20.5 Å². The number of aromatic carboxylic acids is 1. The molecule has 2 N–H and O–H groups in total. The van der Waals surface area contributed by atoms with Gasteiger partial charge in [0.2, 0.25) is 0 Å². The number of para-hydroxylation sites is 1. The fourth-order valence-electron chi connectivity index (χ4n) is 1.62. The summed E-state index contributed by atoms with van der Waals surface area (Å²) in [7, 11) is -4.00. The largest absolute Gasteiger partial charge is 0.477 e. The van der Waals surface area contributed by atoms with Gasteiger partial charge in [0.25, 0.3) is 10.0 Å². The molecule has 1 aromatic heterocycles. The summed E-state index contributed by atoms with van der Waals surface area (Å²) in [6.07, 6.45) is 0. The fraction of sp³-hybridized carbons (Fsp3) is 0.0833. The minimum Gasteiger partial charge on any atom is -0.477 e. The molecular formula is C12H10ClNO4S2. The van der Waals surface area contributed by atoms with E-state index in [4.69, 9.17) is 16.7 Å². The third kappa shape index (κ3) is 2.79. The highest BCUT2D eigenvalue weighted by molar-refractivity contribution is 7.93. The van der Waals surface area contributed by atoms with E-state index in [1.807, 2.05) is 0 Å². The van der Waals surface area contributed by atoms with Crippen molar-refractivity contribution in [1.82, 2.24) is 0 Å². The number of aryl methyl sites for hydroxylation is 1. The summed E-state index contributed by atoms with van der Waals surface area (Å²) >= 11 is 6.81. The molecule has 106 valence electrons. The number of carboxylic acids is 1. The normalized spacial score (nSPS) is 11.3. The lowest BCUT2D eigenvalue weighted by atomic mass is 10.2. The highest BCUT2D eigenvalue weighted by atomic mass is 35.5. The highest BCUT2D eigenvalue weighted by Gasteiger charge is 2.24. The first-order valence-electron chi connectivity index (χ1n) is 5.41. The molecule has 2 aromatic rings. The number of hydrogen-bond acceptors (Lipinski definition) is 4. The average molecular weight is 332 g/mol. The number of nitrogens with one attached hydrogen (secondary N) is 1. The number of carboxylic acid groups (broad SMARTS) is 1. The second-order valence-corrected chi connectivity index (χ2v) is 6.93. The SMILES string of the molecule is Cc1cccc(Cl)c1NS(=O)(=O)c1ccsc1C(=O)O. The zero-order valence-corrected chi connectivity index (χ0v) is 12.6. The number of anilines is 1. The molecule has 0 saturated heterocycles. The van der Waals surface area contributed by atoms with Gasteiger partial charge in [-0.15, -0.1) is 11.3 Å². The van der Waals surface area contributed by atoms with Crippen molar-refractivity contribution in [1.29, 1.82) is 0 Å². The van der Waals surface area contributed by atoms with E-state index in [1.165, 1.54) is 11.4 Å². The van der Waals surface area contributed by atoms with Crippen LogP contribution in [0.15, 0.2) is 34.5 Å². The number of halogens is 1. The van der Waals surface area contributed by atoms with Gasteiger partial charge < -0.3 is 5.11 Å². The lowest BCUT2D eigenvalue weighted by molar-refractivity contribution is 0.0698. The molecule has 5 nitrogen and oxygen atoms in total. The number of hydrogen-bond donors (Lipinski definition) is 2. The number of sulfonamides is 1. The molecule has 0 amide bonds. The van der Waals surface area contributed by atoms with Crippen molar-refractivity contribution in [2.24, 2.45) is 0 Å². The van der Waals surface area contributed by atoms with E-state index >= 15 is 0 Å². The Kier molecular flexibility index (Phi) is 4.03. The van der Waals surface area contributed by atoms with E-state index < -0.39 is 16.0 Å². The molecule has 0 unspecified atom stereocenters. The highest BCUT2D eigenvalue weighted by Crippen LogP contribution is 2.30. The molecule has 0 spiro atoms. The summed E-state index contributed by atoms with van der Waals surface area (Å²) < 4.78 is 26.9. The number of carbonyl (C=O) groups is 1. The Morgan fingerprint density at radius 1 is 1.35 bits per heavy atom. The molecule has 8 heteroatoms. The molecule has 0 bridgehead atoms. The molecule has 1 aromatic carbocycles. The summed E-state index contributed by atoms with van der Waals surface area (Å²) in [4.78, 5) is 10.5. The minimum atomic E-state index is -4.00. The van der Waals surface area contributed by atoms with Gasteiger partial charge in [0.15, 0.2) is 0 Å². The quantitative estimate of drug-likeness (QED) is 0.901. The molecule has 0 radical (unpaired) electrons. The van der Waals surface area contributed by atoms with Crippen molar-refractivity contribution in [2.75, 3.05) is 4.72 Å². The molecule has 0 atom stereocenters. The summed E-state index contributed by atoms with van der Waals surface area (Å²) in [5.74, 6) is -1.28. The molecule has 0 aliphatic rings. The molecule has 0 saturated carbocycles. The number of thiophene rings is 1. The monoisotopic (exact) mass is 331 g/mol. The Labute approximate surface area is 124 Å². The molecule has 0 aliphatic carbocycles. The van der Waals surface area contributed by atoms with Gasteiger partial charge in [0.1, 0.15) is 9.77 Å². The van der Waals surface area contributed by atoms with E-state index in [0.717, 1.165) is 11.3 Å². The summed E-state index contributed by atoms with van der Waals surface area (Å²) in [6, 6.07) is 6.21. The van der Waals surface area contributed by atoms with Crippen LogP contribution in [0.4, 0.5) is 5.69 Å². The lowest BCUT2D eigenvalue weighted by Gasteiger charge is -2.11. The minimum absolute atomic E-state index is 0.234. The molecule has 0 fully saturated rings. The van der Waals surface area contributed by atoms with Crippen LogP contribution in [-0.4, -0.2) is 19.5 Å². The third-order valence-corrected chi connectivity index (χ3v) is 5.31. The second-order valence-electron chi connectivity index (χ2n) is 3.96. The van der Waals surface area contributed by atoms with Crippen LogP contribution in [-0.2, 0) is 10.0 Å². The maximum atomic E-state index is 12.3. The van der Waals surface area contributed by atoms with Crippen LogP contribution in [0.5, 0.6) is 0 Å². The van der Waals surface area contributed by atoms with Crippen molar-refractivity contribution in [3.05, 3.63) is 45.1 Å². The number of rotatable bonds is 4. The third-order valence-electron chi connectivity index (χ3n) is 2.57. The molecule has 2 rings (SSSR count). The van der Waals surface area contributed by atoms with Gasteiger partial charge in [0.05, 0.1) is 10.7 Å². The van der Waals surface area contributed by atoms with Crippen LogP contribution in [0.3, 0.4) is 0 Å². The van der Waals surface area contributed by atoms with Crippen LogP contribution in [0.25, 0.3) is 0 Å². The Morgan fingerprint density at radius 2 is 2.05 bits per heavy atom. The zero-order valence-electron chi connectivity index (χ0n) is 10.3. The standard InChI is InChI=1S/C12H10ClNO4S2/c1-7-3-2-4-8(13)10(7)14-20(17,18)9-5-6-19-11(9)12(15)16/h2-6,14H,1H3,(H,15,16). The molecule has 0 aliphatic heterocycles. The number of benzene rings is 1. The van der Waals surface area contributed by atoms with Gasteiger partial charge in [0, 0.05) is 0 Å². The Balaban J connectivity index is 2.47. The maximum Gasteiger partial charge on any atom is 0.347 e. The van der Waals surface area contributed by atoms with Crippen molar-refractivity contribution >= 4 is 44.6 Å². The van der Waals surface area contributed by atoms with Gasteiger partial charge in [-0.3, -0.25) is 4.72 Å². The smallest absolute Gasteiger partial charge is 0.347 e. The van der Waals surface area contributed by atoms with Crippen molar-refractivity contribution in [3.8, 4) is 0 Å². The van der Waals surface area contributed by atoms with Crippen LogP contribution < -0.4 is 4.72 Å². The summed E-state index contributed by atoms with van der Waals surface area (Å²) in [6.45, 7) is 1.70. The van der Waals surface area contributed by atoms with Gasteiger partial charge in [-0.05, 0) is 30.0 Å². The van der Waals surface area contributed by atoms with Crippen LogP contribution in [0.1, 0.15) is 15.2 Å². The second kappa shape index (κ2) is 5.43. The summed E-state index contributed by atoms with van der Waals surface area (Å²) in [5, 5.41) is 10.7. The molecule has 1 heterocycles. The average Bonchev–Trinajstić information content (AvgIpc) is 2.84. The first-order chi connectivity index (χ1) is 9.33. The van der Waals surface area contributed by atoms with Gasteiger partial charge in [-0.2, -0.15) is 0 Å². The van der Waals surface area contributed by atoms with Crippen molar-refractivity contribution < 1.29 is 18.3 Å². The van der Waals surface area contributed by atoms with E-state index in [9.17, 15) is 13.2 Å². The Morgan fingerprint density at radius 3 is 2.65 bits per heavy atom. The predicted molar refractivity (Wildman–Crippen MR) is 78.3 cm³/mol. The van der Waals surface area contributed by atoms with Crippen LogP contribution in [0.2, 0.25) is 5.02 Å². The van der Waals surface area contributed by atoms with Crippen LogP contribution >= 0.6 is 22.9 Å². The van der Waals surface area contributed by atoms with E-state index in [2.05, 4.69) is 4.72 Å². The predicted octanol–water partition coefficient (Wildman–Crippen LogP) is 3.21. The first-order valence-corrected chi connectivity index (χ1v) is 8.15. The fourth-order valence-corrected chi connectivity index (χ4v) is 4.35. The van der Waals surface area contributed by atoms with Gasteiger partial charge >= 0.3 is 5.97 Å². The van der Waals surface area contributed by atoms with E-state index in [0.29, 0.717) is 5.56 Å². The van der Waals surface area contributed by atoms with Crippen molar-refractivity contribution in [2.45, 2.75) is 11.8 Å². The van der Waals surface area contributed by atoms with E-state index in [1.54, 1.807) is 25.1 Å². The zero-order chi connectivity index (χ0) is 14.9. The first kappa shape index (κ1) is 14.8. The van der Waals surface area contributed by atoms with Crippen molar-refractivity contribution in [3.63, 3.8) is 0 Å². The van der Waals surface area contributed by atoms with Gasteiger partial charge in [-0.1, -0.05) is 23.7 Å². The lowest BCUT2D eigenvalue weighted by Crippen LogP contribution is -2.16. The molecular weight excluding hydrogens is 322 g/mol. The Hall–Kier alpha value is -1.57. The van der Waals surface area contributed by atoms with Gasteiger partial charge in [-0.25, -0.2) is 13.2 Å². The summed E-state index contributed by atoms with van der Waals surface area (Å²) in [5.41, 5.74) is 0.893. The van der Waals surface area contributed by atoms with Crippen LogP contribution in [0, 0.1) is 6.92 Å². The maximum absolute atomic E-state index is 12.3. The topological polar surface area (TPSA) is 83.5 Å². The Bertz CT molecular complexity index is 747.